The number of hydrogen-bond acceptors (Lipinski definition) is 2. The summed E-state index contributed by atoms with van der Waals surface area (Å²) in [5, 5.41) is 3.11. The lowest BCUT2D eigenvalue weighted by atomic mass is 9.98. The molecule has 0 aliphatic carbocycles. The Balaban J connectivity index is 2.93. The van der Waals surface area contributed by atoms with E-state index in [0.717, 1.165) is 24.1 Å². The van der Waals surface area contributed by atoms with Crippen LogP contribution in [0, 0.1) is 0 Å². The van der Waals surface area contributed by atoms with Gasteiger partial charge in [-0.05, 0) is 38.1 Å². The molecule has 0 bridgehead atoms. The van der Waals surface area contributed by atoms with Crippen molar-refractivity contribution in [2.75, 3.05) is 13.7 Å². The molecular formula is C14H20F3NO. The Morgan fingerprint density at radius 1 is 1.16 bits per heavy atom. The van der Waals surface area contributed by atoms with Crippen molar-refractivity contribution < 1.29 is 17.9 Å². The van der Waals surface area contributed by atoms with E-state index in [2.05, 4.69) is 5.32 Å². The third-order valence-electron chi connectivity index (χ3n) is 3.06. The highest BCUT2D eigenvalue weighted by molar-refractivity contribution is 5.27. The molecule has 0 aliphatic heterocycles. The normalized spacial score (nSPS) is 15.3. The lowest BCUT2D eigenvalue weighted by molar-refractivity contribution is -0.137. The molecule has 0 aromatic heterocycles. The van der Waals surface area contributed by atoms with Crippen molar-refractivity contribution in [1.29, 1.82) is 0 Å². The van der Waals surface area contributed by atoms with Gasteiger partial charge in [-0.3, -0.25) is 0 Å². The molecule has 2 nitrogen and oxygen atoms in total. The van der Waals surface area contributed by atoms with Crippen molar-refractivity contribution in [3.63, 3.8) is 0 Å². The van der Waals surface area contributed by atoms with Crippen molar-refractivity contribution >= 4 is 0 Å². The van der Waals surface area contributed by atoms with Gasteiger partial charge < -0.3 is 10.1 Å². The summed E-state index contributed by atoms with van der Waals surface area (Å²) in [5.41, 5.74) is 0.173. The van der Waals surface area contributed by atoms with Crippen LogP contribution in [0.3, 0.4) is 0 Å². The number of alkyl halides is 3. The fraction of sp³-hybridized carbons (Fsp3) is 0.571. The number of halogens is 3. The van der Waals surface area contributed by atoms with Crippen LogP contribution >= 0.6 is 0 Å². The molecule has 1 N–H and O–H groups in total. The average Bonchev–Trinajstić information content (AvgIpc) is 2.38. The van der Waals surface area contributed by atoms with Crippen LogP contribution in [0.4, 0.5) is 13.2 Å². The van der Waals surface area contributed by atoms with E-state index in [1.807, 2.05) is 13.8 Å². The Labute approximate surface area is 112 Å². The van der Waals surface area contributed by atoms with Gasteiger partial charge in [0.2, 0.25) is 0 Å². The first kappa shape index (κ1) is 16.0. The number of rotatable bonds is 6. The molecule has 5 heteroatoms. The van der Waals surface area contributed by atoms with E-state index < -0.39 is 11.7 Å². The van der Waals surface area contributed by atoms with Crippen molar-refractivity contribution in [2.24, 2.45) is 0 Å². The Morgan fingerprint density at radius 2 is 1.74 bits per heavy atom. The zero-order valence-electron chi connectivity index (χ0n) is 11.4. The second kappa shape index (κ2) is 6.91. The van der Waals surface area contributed by atoms with Gasteiger partial charge in [-0.2, -0.15) is 13.2 Å². The molecule has 0 saturated carbocycles. The Bertz CT molecular complexity index is 375. The quantitative estimate of drug-likeness (QED) is 0.853. The van der Waals surface area contributed by atoms with Crippen LogP contribution in [-0.2, 0) is 10.9 Å². The Morgan fingerprint density at radius 3 is 2.11 bits per heavy atom. The lowest BCUT2D eigenvalue weighted by Crippen LogP contribution is -2.31. The third-order valence-corrected chi connectivity index (χ3v) is 3.06. The highest BCUT2D eigenvalue weighted by atomic mass is 19.4. The fourth-order valence-electron chi connectivity index (χ4n) is 2.11. The maximum absolute atomic E-state index is 12.5. The summed E-state index contributed by atoms with van der Waals surface area (Å²) >= 11 is 0. The van der Waals surface area contributed by atoms with E-state index in [9.17, 15) is 13.2 Å². The fourth-order valence-corrected chi connectivity index (χ4v) is 2.11. The van der Waals surface area contributed by atoms with Crippen LogP contribution in [-0.4, -0.2) is 19.8 Å². The van der Waals surface area contributed by atoms with Crippen molar-refractivity contribution in [3.8, 4) is 0 Å². The SMILES string of the molecule is CCOC(CC)C(NC)c1ccc(C(F)(F)F)cc1. The van der Waals surface area contributed by atoms with Crippen LogP contribution in [0.1, 0.15) is 37.4 Å². The van der Waals surface area contributed by atoms with Gasteiger partial charge >= 0.3 is 6.18 Å². The minimum atomic E-state index is -4.29. The highest BCUT2D eigenvalue weighted by Gasteiger charge is 2.30. The molecular weight excluding hydrogens is 255 g/mol. The molecule has 0 radical (unpaired) electrons. The van der Waals surface area contributed by atoms with Crippen LogP contribution < -0.4 is 5.32 Å². The molecule has 1 aromatic carbocycles. The number of nitrogens with one attached hydrogen (secondary N) is 1. The van der Waals surface area contributed by atoms with Gasteiger partial charge in [-0.15, -0.1) is 0 Å². The van der Waals surface area contributed by atoms with E-state index >= 15 is 0 Å². The van der Waals surface area contributed by atoms with Crippen LogP contribution in [0.5, 0.6) is 0 Å². The first-order valence-electron chi connectivity index (χ1n) is 6.40. The number of benzene rings is 1. The molecule has 19 heavy (non-hydrogen) atoms. The second-order valence-corrected chi connectivity index (χ2v) is 4.29. The van der Waals surface area contributed by atoms with Gasteiger partial charge in [0, 0.05) is 6.61 Å². The average molecular weight is 275 g/mol. The Hall–Kier alpha value is -1.07. The largest absolute Gasteiger partial charge is 0.416 e. The summed E-state index contributed by atoms with van der Waals surface area (Å²) in [6, 6.07) is 5.13. The summed E-state index contributed by atoms with van der Waals surface area (Å²) in [6.07, 6.45) is -3.55. The molecule has 108 valence electrons. The minimum absolute atomic E-state index is 0.0493. The van der Waals surface area contributed by atoms with Crippen LogP contribution in [0.15, 0.2) is 24.3 Å². The van der Waals surface area contributed by atoms with E-state index in [0.29, 0.717) is 6.61 Å². The molecule has 0 spiro atoms. The van der Waals surface area contributed by atoms with Gasteiger partial charge in [-0.25, -0.2) is 0 Å². The predicted octanol–water partition coefficient (Wildman–Crippen LogP) is 3.78. The zero-order valence-corrected chi connectivity index (χ0v) is 11.4. The van der Waals surface area contributed by atoms with Crippen molar-refractivity contribution in [1.82, 2.24) is 5.32 Å². The van der Waals surface area contributed by atoms with E-state index in [-0.39, 0.29) is 12.1 Å². The molecule has 1 rings (SSSR count). The van der Waals surface area contributed by atoms with Crippen molar-refractivity contribution in [2.45, 2.75) is 38.6 Å². The summed E-state index contributed by atoms with van der Waals surface area (Å²) in [6.45, 7) is 4.48. The molecule has 0 heterocycles. The molecule has 0 saturated heterocycles. The van der Waals surface area contributed by atoms with Gasteiger partial charge in [0.25, 0.3) is 0 Å². The molecule has 2 atom stereocenters. The Kier molecular flexibility index (Phi) is 5.82. The summed E-state index contributed by atoms with van der Waals surface area (Å²) in [5.74, 6) is 0. The highest BCUT2D eigenvalue weighted by Crippen LogP contribution is 2.30. The maximum Gasteiger partial charge on any atom is 0.416 e. The smallest absolute Gasteiger partial charge is 0.377 e. The topological polar surface area (TPSA) is 21.3 Å². The monoisotopic (exact) mass is 275 g/mol. The first-order valence-corrected chi connectivity index (χ1v) is 6.40. The molecule has 2 unspecified atom stereocenters. The predicted molar refractivity (Wildman–Crippen MR) is 68.9 cm³/mol. The van der Waals surface area contributed by atoms with Gasteiger partial charge in [0.1, 0.15) is 0 Å². The molecule has 0 amide bonds. The van der Waals surface area contributed by atoms with Gasteiger partial charge in [0.05, 0.1) is 17.7 Å². The number of likely N-dealkylation sites (N-methyl/N-ethyl adjacent to an activating group) is 1. The third kappa shape index (κ3) is 4.21. The first-order chi connectivity index (χ1) is 8.93. The van der Waals surface area contributed by atoms with Crippen LogP contribution in [0.2, 0.25) is 0 Å². The standard InChI is InChI=1S/C14H20F3NO/c1-4-12(19-5-2)13(18-3)10-6-8-11(9-7-10)14(15,16)17/h6-9,12-13,18H,4-5H2,1-3H3. The number of hydrogen-bond donors (Lipinski definition) is 1. The van der Waals surface area contributed by atoms with E-state index in [4.69, 9.17) is 4.74 Å². The van der Waals surface area contributed by atoms with E-state index in [1.54, 1.807) is 7.05 Å². The molecule has 0 fully saturated rings. The zero-order chi connectivity index (χ0) is 14.5. The minimum Gasteiger partial charge on any atom is -0.377 e. The van der Waals surface area contributed by atoms with Gasteiger partial charge in [-0.1, -0.05) is 19.1 Å². The summed E-state index contributed by atoms with van der Waals surface area (Å²) < 4.78 is 43.1. The summed E-state index contributed by atoms with van der Waals surface area (Å²) in [7, 11) is 1.78. The van der Waals surface area contributed by atoms with Crippen molar-refractivity contribution in [3.05, 3.63) is 35.4 Å². The molecule has 1 aromatic rings. The molecule has 0 aliphatic rings. The van der Waals surface area contributed by atoms with Gasteiger partial charge in [0.15, 0.2) is 0 Å². The van der Waals surface area contributed by atoms with Crippen LogP contribution in [0.25, 0.3) is 0 Å². The maximum atomic E-state index is 12.5. The lowest BCUT2D eigenvalue weighted by Gasteiger charge is -2.26. The number of ether oxygens (including phenoxy) is 1. The van der Waals surface area contributed by atoms with E-state index in [1.165, 1.54) is 12.1 Å². The second-order valence-electron chi connectivity index (χ2n) is 4.29. The summed E-state index contributed by atoms with van der Waals surface area (Å²) in [4.78, 5) is 0.